The highest BCUT2D eigenvalue weighted by Gasteiger charge is 2.25. The van der Waals surface area contributed by atoms with Crippen LogP contribution in [0, 0.1) is 0 Å². The van der Waals surface area contributed by atoms with Gasteiger partial charge in [-0.25, -0.2) is 4.98 Å². The fourth-order valence-electron chi connectivity index (χ4n) is 7.63. The van der Waals surface area contributed by atoms with Gasteiger partial charge in [0.1, 0.15) is 28.7 Å². The second-order valence-electron chi connectivity index (χ2n) is 14.9. The van der Waals surface area contributed by atoms with Gasteiger partial charge in [-0.1, -0.05) is 135 Å². The summed E-state index contributed by atoms with van der Waals surface area (Å²) < 4.78 is 99.3. The third kappa shape index (κ3) is 6.82. The van der Waals surface area contributed by atoms with Crippen molar-refractivity contribution in [1.29, 1.82) is 0 Å². The van der Waals surface area contributed by atoms with Crippen LogP contribution in [0.5, 0.6) is 11.5 Å². The Morgan fingerprint density at radius 1 is 0.661 bits per heavy atom. The molecule has 288 valence electrons. The Bertz CT molecular complexity index is 3610. The van der Waals surface area contributed by atoms with Gasteiger partial charge in [-0.2, -0.15) is 9.13 Å². The number of fused-ring (bicyclic) bond motifs is 4. The van der Waals surface area contributed by atoms with E-state index in [1.807, 2.05) is 102 Å². The molecular formula is C52H40Cl2N4O. The monoisotopic (exact) mass is 816 g/mol. The van der Waals surface area contributed by atoms with E-state index in [1.54, 1.807) is 29.1 Å². The molecule has 7 aromatic carbocycles. The van der Waals surface area contributed by atoms with E-state index in [1.165, 1.54) is 0 Å². The summed E-state index contributed by atoms with van der Waals surface area (Å²) in [5.41, 5.74) is 5.12. The molecule has 0 fully saturated rings. The molecule has 0 unspecified atom stereocenters. The van der Waals surface area contributed by atoms with Crippen LogP contribution in [-0.2, 0) is 5.41 Å². The molecule has 7 heteroatoms. The average Bonchev–Trinajstić information content (AvgIpc) is 3.88. The van der Waals surface area contributed by atoms with Crippen molar-refractivity contribution >= 4 is 44.4 Å². The zero-order chi connectivity index (χ0) is 48.1. The number of para-hydroxylation sites is 3. The number of hydrogen-bond donors (Lipinski definition) is 0. The van der Waals surface area contributed by atoms with E-state index < -0.39 is 60.4 Å². The minimum absolute atomic E-state index is 0. The fourth-order valence-corrected chi connectivity index (χ4v) is 7.90. The van der Waals surface area contributed by atoms with Crippen LogP contribution in [-0.4, -0.2) is 14.1 Å². The number of halogens is 2. The van der Waals surface area contributed by atoms with E-state index in [4.69, 9.17) is 35.0 Å². The molecule has 0 radical (unpaired) electrons. The van der Waals surface area contributed by atoms with Crippen LogP contribution < -0.4 is 21.7 Å². The van der Waals surface area contributed by atoms with E-state index in [0.717, 1.165) is 33.2 Å². The van der Waals surface area contributed by atoms with Gasteiger partial charge >= 0.3 is 0 Å². The lowest BCUT2D eigenvalue weighted by atomic mass is 9.88. The quantitative estimate of drug-likeness (QED) is 0.150. The Morgan fingerprint density at radius 2 is 1.32 bits per heavy atom. The van der Waals surface area contributed by atoms with Gasteiger partial charge in [0.2, 0.25) is 0 Å². The number of imidazole rings is 1. The lowest BCUT2D eigenvalue weighted by Crippen LogP contribution is -3.00. The second kappa shape index (κ2) is 15.3. The normalized spacial score (nSPS) is 14.0. The summed E-state index contributed by atoms with van der Waals surface area (Å²) in [6.45, 7) is 6.49. The number of benzene rings is 7. The molecule has 0 saturated heterocycles. The van der Waals surface area contributed by atoms with Crippen molar-refractivity contribution in [3.63, 3.8) is 0 Å². The summed E-state index contributed by atoms with van der Waals surface area (Å²) in [6.07, 6.45) is 3.59. The molecule has 0 saturated carbocycles. The number of nitrogens with zero attached hydrogens (tertiary/aromatic N) is 4. The SMILES string of the molecule is [2H]c1c([2H])c([2H])c(-c2cccc(-c3c([2H])c([2H])c([2H])c([2H])c3[2H])c2-[n+]2cn(-c3cccc(Oc4ccc5c6c(Cl)cccc6n(-c6cc(C(C)(C)C)ccn6)c5c4)c3)c3ccccc32)c([2H])c1[2H].[Cl-]. The highest BCUT2D eigenvalue weighted by molar-refractivity contribution is 6.38. The first-order valence-electron chi connectivity index (χ1n) is 23.7. The van der Waals surface area contributed by atoms with Crippen LogP contribution in [0.1, 0.15) is 40.0 Å². The Kier molecular flexibility index (Phi) is 7.21. The molecule has 3 aromatic heterocycles. The van der Waals surface area contributed by atoms with E-state index in [0.29, 0.717) is 33.2 Å². The molecular weight excluding hydrogens is 768 g/mol. The summed E-state index contributed by atoms with van der Waals surface area (Å²) in [5, 5.41) is 2.45. The number of rotatable bonds is 7. The maximum Gasteiger partial charge on any atom is 0.255 e. The topological polar surface area (TPSA) is 35.9 Å². The van der Waals surface area contributed by atoms with Crippen LogP contribution in [0.2, 0.25) is 5.02 Å². The summed E-state index contributed by atoms with van der Waals surface area (Å²) in [6, 6.07) is 30.4. The van der Waals surface area contributed by atoms with Crippen LogP contribution in [0.4, 0.5) is 0 Å². The van der Waals surface area contributed by atoms with Crippen molar-refractivity contribution in [3.8, 4) is 50.9 Å². The lowest BCUT2D eigenvalue weighted by molar-refractivity contribution is -0.566. The predicted octanol–water partition coefficient (Wildman–Crippen LogP) is 10.5. The van der Waals surface area contributed by atoms with E-state index >= 15 is 0 Å². The molecule has 0 atom stereocenters. The Labute approximate surface area is 368 Å². The molecule has 0 spiro atoms. The highest BCUT2D eigenvalue weighted by Crippen LogP contribution is 2.39. The Hall–Kier alpha value is -6.66. The maximum absolute atomic E-state index is 9.00. The first-order valence-corrected chi connectivity index (χ1v) is 19.1. The van der Waals surface area contributed by atoms with Crippen molar-refractivity contribution in [2.45, 2.75) is 26.2 Å². The van der Waals surface area contributed by atoms with Crippen LogP contribution in [0.25, 0.3) is 72.3 Å². The van der Waals surface area contributed by atoms with Crippen LogP contribution in [0.15, 0.2) is 188 Å². The zero-order valence-electron chi connectivity index (χ0n) is 42.1. The first kappa shape index (κ1) is 27.9. The molecule has 3 heterocycles. The number of pyridine rings is 1. The van der Waals surface area contributed by atoms with Crippen molar-refractivity contribution in [1.82, 2.24) is 14.1 Å². The molecule has 0 aliphatic carbocycles. The van der Waals surface area contributed by atoms with Crippen LogP contribution >= 0.6 is 11.6 Å². The van der Waals surface area contributed by atoms with Crippen LogP contribution in [0.3, 0.4) is 0 Å². The molecule has 10 aromatic rings. The summed E-state index contributed by atoms with van der Waals surface area (Å²) in [5.74, 6) is 1.82. The number of hydrogen-bond acceptors (Lipinski definition) is 2. The van der Waals surface area contributed by atoms with Gasteiger partial charge in [0.15, 0.2) is 11.0 Å². The molecule has 10 rings (SSSR count). The van der Waals surface area contributed by atoms with Gasteiger partial charge in [0, 0.05) is 40.2 Å². The molecule has 5 nitrogen and oxygen atoms in total. The Balaban J connectivity index is 0.00000593. The van der Waals surface area contributed by atoms with E-state index in [-0.39, 0.29) is 45.8 Å². The third-order valence-corrected chi connectivity index (χ3v) is 10.6. The Morgan fingerprint density at radius 3 is 2.05 bits per heavy atom. The number of ether oxygens (including phenoxy) is 1. The van der Waals surface area contributed by atoms with Gasteiger partial charge in [-0.15, -0.1) is 0 Å². The van der Waals surface area contributed by atoms with Crippen molar-refractivity contribution < 1.29 is 35.4 Å². The van der Waals surface area contributed by atoms with Crippen molar-refractivity contribution in [2.75, 3.05) is 0 Å². The third-order valence-electron chi connectivity index (χ3n) is 10.3. The van der Waals surface area contributed by atoms with Gasteiger partial charge in [0.05, 0.1) is 29.8 Å². The lowest BCUT2D eigenvalue weighted by Gasteiger charge is -2.20. The summed E-state index contributed by atoms with van der Waals surface area (Å²) in [4.78, 5) is 4.81. The fraction of sp³-hybridized carbons (Fsp3) is 0.0769. The molecule has 0 aliphatic rings. The largest absolute Gasteiger partial charge is 1.00 e. The summed E-state index contributed by atoms with van der Waals surface area (Å²) in [7, 11) is 0. The van der Waals surface area contributed by atoms with E-state index in [2.05, 4.69) is 31.4 Å². The minimum Gasteiger partial charge on any atom is -1.00 e. The first-order chi connectivity index (χ1) is 32.5. The second-order valence-corrected chi connectivity index (χ2v) is 15.4. The van der Waals surface area contributed by atoms with Gasteiger partial charge in [-0.05, 0) is 82.8 Å². The standard InChI is InChI=1S/C52H40ClN4O.ClH/c1-52(2,3)37-29-30-54-49(31-37)57-47-26-14-23-44(53)50(47)43-28-27-40(33-48(43)57)58-39-20-12-19-38(32-39)55-34-56(46-25-11-10-24-45(46)55)51-41(35-15-6-4-7-16-35)21-13-22-42(51)36-17-8-5-9-18-36;/h4-34H,1-3H3;1H/q+1;/p-1/i4D,5D,6D,7D,8D,9D,15D,16D,17D,18D;. The van der Waals surface area contributed by atoms with Gasteiger partial charge < -0.3 is 17.1 Å². The van der Waals surface area contributed by atoms with Crippen molar-refractivity contribution in [2.24, 2.45) is 0 Å². The molecule has 0 N–H and O–H groups in total. The highest BCUT2D eigenvalue weighted by atomic mass is 35.5. The smallest absolute Gasteiger partial charge is 0.255 e. The number of aromatic nitrogens is 4. The molecule has 0 amide bonds. The van der Waals surface area contributed by atoms with E-state index in [9.17, 15) is 0 Å². The van der Waals surface area contributed by atoms with Crippen molar-refractivity contribution in [3.05, 3.63) is 199 Å². The summed E-state index contributed by atoms with van der Waals surface area (Å²) >= 11 is 6.87. The maximum atomic E-state index is 9.00. The molecule has 0 aliphatic heterocycles. The minimum atomic E-state index is -0.562. The van der Waals surface area contributed by atoms with Gasteiger partial charge in [-0.3, -0.25) is 4.57 Å². The molecule has 59 heavy (non-hydrogen) atoms. The molecule has 0 bridgehead atoms. The predicted molar refractivity (Wildman–Crippen MR) is 238 cm³/mol. The zero-order valence-corrected chi connectivity index (χ0v) is 33.6. The van der Waals surface area contributed by atoms with Gasteiger partial charge in [0.25, 0.3) is 6.33 Å². The average molecular weight is 818 g/mol.